The Morgan fingerprint density at radius 1 is 1.00 bits per heavy atom. The number of amides is 1. The van der Waals surface area contributed by atoms with E-state index < -0.39 is 0 Å². The number of nitrogens with zero attached hydrogens (tertiary/aromatic N) is 3. The van der Waals surface area contributed by atoms with Crippen LogP contribution in [0.3, 0.4) is 0 Å². The molecular weight excluding hydrogens is 372 g/mol. The summed E-state index contributed by atoms with van der Waals surface area (Å²) in [6, 6.07) is 18.3. The van der Waals surface area contributed by atoms with E-state index >= 15 is 0 Å². The molecule has 1 amide bonds. The third-order valence-corrected chi connectivity index (χ3v) is 5.53. The number of rotatable bonds is 6. The first-order chi connectivity index (χ1) is 13.7. The van der Waals surface area contributed by atoms with E-state index in [1.54, 1.807) is 0 Å². The summed E-state index contributed by atoms with van der Waals surface area (Å²) in [6.07, 6.45) is 1.93. The average Bonchev–Trinajstić information content (AvgIpc) is 3.11. The van der Waals surface area contributed by atoms with Crippen LogP contribution in [0, 0.1) is 0 Å². The quantitative estimate of drug-likeness (QED) is 0.695. The minimum Gasteiger partial charge on any atom is -0.369 e. The molecule has 146 valence electrons. The lowest BCUT2D eigenvalue weighted by atomic mass is 10.2. The second kappa shape index (κ2) is 8.67. The fourth-order valence-corrected chi connectivity index (χ4v) is 3.89. The van der Waals surface area contributed by atoms with Crippen LogP contribution in [0.5, 0.6) is 0 Å². The number of piperazine rings is 1. The van der Waals surface area contributed by atoms with Gasteiger partial charge in [-0.05, 0) is 35.7 Å². The monoisotopic (exact) mass is 396 g/mol. The molecule has 3 aromatic rings. The van der Waals surface area contributed by atoms with Crippen LogP contribution in [0.4, 0.5) is 5.69 Å². The predicted octanol–water partition coefficient (Wildman–Crippen LogP) is 3.23. The Hall–Kier alpha value is -2.50. The second-order valence-corrected chi connectivity index (χ2v) is 7.60. The topological polar surface area (TPSA) is 40.5 Å². The van der Waals surface area contributed by atoms with E-state index in [4.69, 9.17) is 11.6 Å². The van der Waals surface area contributed by atoms with Gasteiger partial charge >= 0.3 is 0 Å². The van der Waals surface area contributed by atoms with Crippen LogP contribution < -0.4 is 10.2 Å². The molecule has 4 rings (SSSR count). The fraction of sp³-hybridized carbons (Fsp3) is 0.318. The summed E-state index contributed by atoms with van der Waals surface area (Å²) >= 11 is 6.08. The van der Waals surface area contributed by atoms with Gasteiger partial charge in [0.2, 0.25) is 5.91 Å². The maximum Gasteiger partial charge on any atom is 0.239 e. The highest BCUT2D eigenvalue weighted by molar-refractivity contribution is 6.31. The largest absolute Gasteiger partial charge is 0.369 e. The number of carbonyl (C=O) groups is 1. The summed E-state index contributed by atoms with van der Waals surface area (Å²) in [5, 5.41) is 4.82. The lowest BCUT2D eigenvalue weighted by Crippen LogP contribution is -2.48. The Kier molecular flexibility index (Phi) is 5.84. The molecule has 1 fully saturated rings. The maximum atomic E-state index is 12.3. The van der Waals surface area contributed by atoms with Gasteiger partial charge in [0.1, 0.15) is 6.54 Å². The van der Waals surface area contributed by atoms with Crippen molar-refractivity contribution in [2.45, 2.75) is 6.54 Å². The highest BCUT2D eigenvalue weighted by Crippen LogP contribution is 2.20. The van der Waals surface area contributed by atoms with Gasteiger partial charge in [-0.3, -0.25) is 9.69 Å². The summed E-state index contributed by atoms with van der Waals surface area (Å²) in [6.45, 7) is 5.95. The number of halogens is 1. The summed E-state index contributed by atoms with van der Waals surface area (Å²) in [4.78, 5) is 17.1. The molecule has 1 saturated heterocycles. The molecular formula is C22H25ClN4O. The third kappa shape index (κ3) is 4.49. The molecule has 1 aliphatic rings. The van der Waals surface area contributed by atoms with Gasteiger partial charge < -0.3 is 14.8 Å². The normalized spacial score (nSPS) is 15.1. The molecule has 2 heterocycles. The SMILES string of the molecule is O=C(Cn1ccc2ccc(Cl)cc21)NCCN1CCN(c2ccccc2)CC1. The summed E-state index contributed by atoms with van der Waals surface area (Å²) in [7, 11) is 0. The van der Waals surface area contributed by atoms with Crippen LogP contribution in [-0.2, 0) is 11.3 Å². The Morgan fingerprint density at radius 3 is 2.57 bits per heavy atom. The van der Waals surface area contributed by atoms with Gasteiger partial charge in [-0.25, -0.2) is 0 Å². The summed E-state index contributed by atoms with van der Waals surface area (Å²) in [5.41, 5.74) is 2.27. The van der Waals surface area contributed by atoms with Crippen molar-refractivity contribution in [3.63, 3.8) is 0 Å². The third-order valence-electron chi connectivity index (χ3n) is 5.29. The van der Waals surface area contributed by atoms with Crippen molar-refractivity contribution in [2.24, 2.45) is 0 Å². The van der Waals surface area contributed by atoms with E-state index in [1.807, 2.05) is 41.1 Å². The van der Waals surface area contributed by atoms with E-state index in [0.29, 0.717) is 18.1 Å². The summed E-state index contributed by atoms with van der Waals surface area (Å²) in [5.74, 6) is 0.0281. The predicted molar refractivity (Wildman–Crippen MR) is 115 cm³/mol. The summed E-state index contributed by atoms with van der Waals surface area (Å²) < 4.78 is 1.94. The molecule has 1 N–H and O–H groups in total. The van der Waals surface area contributed by atoms with E-state index in [2.05, 4.69) is 39.4 Å². The number of hydrogen-bond acceptors (Lipinski definition) is 3. The highest BCUT2D eigenvalue weighted by Gasteiger charge is 2.16. The first kappa shape index (κ1) is 18.8. The molecule has 0 radical (unpaired) electrons. The molecule has 1 aromatic heterocycles. The van der Waals surface area contributed by atoms with Crippen molar-refractivity contribution in [2.75, 3.05) is 44.2 Å². The molecule has 0 spiro atoms. The molecule has 1 aliphatic heterocycles. The smallest absolute Gasteiger partial charge is 0.239 e. The molecule has 0 bridgehead atoms. The second-order valence-electron chi connectivity index (χ2n) is 7.16. The number of carbonyl (C=O) groups excluding carboxylic acids is 1. The number of fused-ring (bicyclic) bond motifs is 1. The molecule has 6 heteroatoms. The Morgan fingerprint density at radius 2 is 1.79 bits per heavy atom. The molecule has 28 heavy (non-hydrogen) atoms. The molecule has 0 aliphatic carbocycles. The number of hydrogen-bond donors (Lipinski definition) is 1. The zero-order chi connectivity index (χ0) is 19.3. The van der Waals surface area contributed by atoms with E-state index in [1.165, 1.54) is 5.69 Å². The molecule has 0 atom stereocenters. The number of benzene rings is 2. The molecule has 5 nitrogen and oxygen atoms in total. The first-order valence-electron chi connectivity index (χ1n) is 9.72. The Bertz CT molecular complexity index is 932. The number of nitrogens with one attached hydrogen (secondary N) is 1. The van der Waals surface area contributed by atoms with Crippen molar-refractivity contribution in [3.8, 4) is 0 Å². The standard InChI is InChI=1S/C22H25ClN4O/c23-19-7-6-18-8-10-27(21(18)16-19)17-22(28)24-9-11-25-12-14-26(15-13-25)20-4-2-1-3-5-20/h1-8,10,16H,9,11-15,17H2,(H,24,28). The average molecular weight is 397 g/mol. The van der Waals surface area contributed by atoms with Crippen molar-refractivity contribution in [1.29, 1.82) is 0 Å². The zero-order valence-corrected chi connectivity index (χ0v) is 16.6. The fourth-order valence-electron chi connectivity index (χ4n) is 3.73. The van der Waals surface area contributed by atoms with Gasteiger partial charge in [0.25, 0.3) is 0 Å². The molecule has 0 unspecified atom stereocenters. The van der Waals surface area contributed by atoms with Crippen LogP contribution in [0.1, 0.15) is 0 Å². The van der Waals surface area contributed by atoms with Gasteiger partial charge in [0, 0.05) is 61.7 Å². The zero-order valence-electron chi connectivity index (χ0n) is 15.9. The highest BCUT2D eigenvalue weighted by atomic mass is 35.5. The first-order valence-corrected chi connectivity index (χ1v) is 10.1. The minimum absolute atomic E-state index is 0.0281. The number of para-hydroxylation sites is 1. The molecule has 0 saturated carbocycles. The Balaban J connectivity index is 1.21. The van der Waals surface area contributed by atoms with Crippen molar-refractivity contribution in [1.82, 2.24) is 14.8 Å². The van der Waals surface area contributed by atoms with Crippen LogP contribution in [0.25, 0.3) is 10.9 Å². The van der Waals surface area contributed by atoms with Crippen molar-refractivity contribution < 1.29 is 4.79 Å². The van der Waals surface area contributed by atoms with Gasteiger partial charge in [-0.15, -0.1) is 0 Å². The van der Waals surface area contributed by atoms with Crippen molar-refractivity contribution >= 4 is 34.1 Å². The lowest BCUT2D eigenvalue weighted by molar-refractivity contribution is -0.121. The van der Waals surface area contributed by atoms with Gasteiger partial charge in [-0.1, -0.05) is 35.9 Å². The lowest BCUT2D eigenvalue weighted by Gasteiger charge is -2.36. The van der Waals surface area contributed by atoms with Crippen molar-refractivity contribution in [3.05, 3.63) is 65.8 Å². The van der Waals surface area contributed by atoms with Crippen LogP contribution in [0.15, 0.2) is 60.8 Å². The van der Waals surface area contributed by atoms with Crippen LogP contribution >= 0.6 is 11.6 Å². The van der Waals surface area contributed by atoms with Crippen LogP contribution in [-0.4, -0.2) is 54.6 Å². The van der Waals surface area contributed by atoms with E-state index in [9.17, 15) is 4.79 Å². The van der Waals surface area contributed by atoms with E-state index in [0.717, 1.165) is 43.6 Å². The van der Waals surface area contributed by atoms with Crippen LogP contribution in [0.2, 0.25) is 5.02 Å². The number of aromatic nitrogens is 1. The van der Waals surface area contributed by atoms with E-state index in [-0.39, 0.29) is 5.91 Å². The Labute approximate surface area is 170 Å². The maximum absolute atomic E-state index is 12.3. The van der Waals surface area contributed by atoms with Gasteiger partial charge in [-0.2, -0.15) is 0 Å². The minimum atomic E-state index is 0.0281. The number of anilines is 1. The van der Waals surface area contributed by atoms with Gasteiger partial charge in [0.15, 0.2) is 0 Å². The van der Waals surface area contributed by atoms with Gasteiger partial charge in [0.05, 0.1) is 0 Å². The molecule has 2 aromatic carbocycles.